The van der Waals surface area contributed by atoms with Crippen molar-refractivity contribution in [3.05, 3.63) is 34.2 Å². The van der Waals surface area contributed by atoms with E-state index in [0.717, 1.165) is 24.1 Å². The highest BCUT2D eigenvalue weighted by atomic mass is 16.1. The second-order valence-electron chi connectivity index (χ2n) is 3.76. The molecule has 2 aromatic rings. The Morgan fingerprint density at radius 1 is 1.07 bits per heavy atom. The lowest BCUT2D eigenvalue weighted by Gasteiger charge is -1.98. The molecular formula is C12H16N2O. The number of aromatic nitrogens is 2. The summed E-state index contributed by atoms with van der Waals surface area (Å²) in [6, 6.07) is 6.15. The third kappa shape index (κ3) is 1.39. The number of benzene rings is 1. The molecule has 0 aliphatic carbocycles. The van der Waals surface area contributed by atoms with Gasteiger partial charge in [-0.25, -0.2) is 4.79 Å². The fraction of sp³-hybridized carbons (Fsp3) is 0.417. The van der Waals surface area contributed by atoms with Crippen LogP contribution < -0.4 is 5.69 Å². The molecule has 1 heterocycles. The van der Waals surface area contributed by atoms with Crippen LogP contribution in [0.15, 0.2) is 23.0 Å². The molecule has 0 unspecified atom stereocenters. The van der Waals surface area contributed by atoms with E-state index in [9.17, 15) is 4.79 Å². The Labute approximate surface area is 88.9 Å². The van der Waals surface area contributed by atoms with E-state index in [-0.39, 0.29) is 5.69 Å². The quantitative estimate of drug-likeness (QED) is 0.736. The van der Waals surface area contributed by atoms with Gasteiger partial charge in [-0.3, -0.25) is 9.13 Å². The van der Waals surface area contributed by atoms with E-state index in [4.69, 9.17) is 0 Å². The fourth-order valence-electron chi connectivity index (χ4n) is 2.04. The first-order chi connectivity index (χ1) is 7.19. The topological polar surface area (TPSA) is 26.9 Å². The molecule has 0 amide bonds. The molecule has 2 rings (SSSR count). The summed E-state index contributed by atoms with van der Waals surface area (Å²) in [6.45, 7) is 7.51. The Morgan fingerprint density at radius 2 is 1.67 bits per heavy atom. The average molecular weight is 204 g/mol. The first kappa shape index (κ1) is 10.0. The van der Waals surface area contributed by atoms with Gasteiger partial charge in [0.15, 0.2) is 0 Å². The molecule has 0 fully saturated rings. The average Bonchev–Trinajstić information content (AvgIpc) is 2.48. The normalized spacial score (nSPS) is 11.1. The molecule has 1 aromatic carbocycles. The van der Waals surface area contributed by atoms with Gasteiger partial charge in [-0.05, 0) is 38.5 Å². The van der Waals surface area contributed by atoms with Crippen LogP contribution in [0.5, 0.6) is 0 Å². The molecule has 0 N–H and O–H groups in total. The lowest BCUT2D eigenvalue weighted by molar-refractivity contribution is 0.670. The number of nitrogens with zero attached hydrogens (tertiary/aromatic N) is 2. The molecule has 0 spiro atoms. The van der Waals surface area contributed by atoms with Gasteiger partial charge in [0, 0.05) is 13.1 Å². The van der Waals surface area contributed by atoms with Gasteiger partial charge in [-0.2, -0.15) is 0 Å². The largest absolute Gasteiger partial charge is 0.329 e. The van der Waals surface area contributed by atoms with E-state index >= 15 is 0 Å². The minimum absolute atomic E-state index is 0.0978. The molecule has 0 saturated heterocycles. The summed E-state index contributed by atoms with van der Waals surface area (Å²) in [5, 5.41) is 0. The van der Waals surface area contributed by atoms with Crippen LogP contribution in [-0.4, -0.2) is 9.13 Å². The lowest BCUT2D eigenvalue weighted by atomic mass is 10.2. The summed E-state index contributed by atoms with van der Waals surface area (Å²) >= 11 is 0. The van der Waals surface area contributed by atoms with Crippen molar-refractivity contribution in [3.8, 4) is 0 Å². The molecular weight excluding hydrogens is 188 g/mol. The third-order valence-corrected chi connectivity index (χ3v) is 2.81. The Bertz CT molecular complexity index is 548. The predicted molar refractivity (Wildman–Crippen MR) is 62.3 cm³/mol. The van der Waals surface area contributed by atoms with Gasteiger partial charge >= 0.3 is 5.69 Å². The number of hydrogen-bond acceptors (Lipinski definition) is 1. The molecule has 0 saturated carbocycles. The van der Waals surface area contributed by atoms with Gasteiger partial charge in [-0.1, -0.05) is 6.07 Å². The lowest BCUT2D eigenvalue weighted by Crippen LogP contribution is -2.22. The predicted octanol–water partition coefficient (Wildman–Crippen LogP) is 2.15. The molecule has 0 bridgehead atoms. The highest BCUT2D eigenvalue weighted by Gasteiger charge is 2.09. The second-order valence-corrected chi connectivity index (χ2v) is 3.76. The van der Waals surface area contributed by atoms with Crippen molar-refractivity contribution in [2.75, 3.05) is 0 Å². The van der Waals surface area contributed by atoms with Gasteiger partial charge in [-0.15, -0.1) is 0 Å². The molecule has 3 nitrogen and oxygen atoms in total. The molecule has 1 aromatic heterocycles. The molecule has 15 heavy (non-hydrogen) atoms. The fourth-order valence-corrected chi connectivity index (χ4v) is 2.04. The van der Waals surface area contributed by atoms with Gasteiger partial charge in [0.2, 0.25) is 0 Å². The standard InChI is InChI=1S/C12H16N2O/c1-4-13-10-7-6-9(3)8-11(10)14(5-2)12(13)15/h6-8H,4-5H2,1-3H3. The van der Waals surface area contributed by atoms with Crippen molar-refractivity contribution < 1.29 is 0 Å². The third-order valence-electron chi connectivity index (χ3n) is 2.81. The minimum atomic E-state index is 0.0978. The number of aryl methyl sites for hydroxylation is 3. The molecule has 0 aliphatic heterocycles. The summed E-state index contributed by atoms with van der Waals surface area (Å²) in [4.78, 5) is 12.0. The van der Waals surface area contributed by atoms with Crippen LogP contribution in [-0.2, 0) is 13.1 Å². The number of rotatable bonds is 2. The number of imidazole rings is 1. The highest BCUT2D eigenvalue weighted by Crippen LogP contribution is 2.14. The smallest absolute Gasteiger partial charge is 0.292 e. The maximum atomic E-state index is 12.0. The summed E-state index contributed by atoms with van der Waals surface area (Å²) in [5.41, 5.74) is 3.37. The zero-order valence-electron chi connectivity index (χ0n) is 9.45. The van der Waals surface area contributed by atoms with Gasteiger partial charge in [0.25, 0.3) is 0 Å². The summed E-state index contributed by atoms with van der Waals surface area (Å²) < 4.78 is 3.64. The number of fused-ring (bicyclic) bond motifs is 1. The van der Waals surface area contributed by atoms with Crippen molar-refractivity contribution in [3.63, 3.8) is 0 Å². The summed E-state index contributed by atoms with van der Waals surface area (Å²) in [6.07, 6.45) is 0. The van der Waals surface area contributed by atoms with Crippen LogP contribution in [0.2, 0.25) is 0 Å². The van der Waals surface area contributed by atoms with Crippen LogP contribution in [0.1, 0.15) is 19.4 Å². The minimum Gasteiger partial charge on any atom is -0.292 e. The molecule has 0 radical (unpaired) electrons. The van der Waals surface area contributed by atoms with E-state index in [0.29, 0.717) is 0 Å². The zero-order chi connectivity index (χ0) is 11.0. The van der Waals surface area contributed by atoms with E-state index in [1.54, 1.807) is 0 Å². The maximum Gasteiger partial charge on any atom is 0.329 e. The summed E-state index contributed by atoms with van der Waals surface area (Å²) in [5.74, 6) is 0. The SMILES string of the molecule is CCn1c(=O)n(CC)c2cc(C)ccc21. The van der Waals surface area contributed by atoms with Crippen LogP contribution >= 0.6 is 0 Å². The van der Waals surface area contributed by atoms with E-state index in [1.165, 1.54) is 5.56 Å². The van der Waals surface area contributed by atoms with Crippen LogP contribution in [0, 0.1) is 6.92 Å². The van der Waals surface area contributed by atoms with Crippen LogP contribution in [0.4, 0.5) is 0 Å². The van der Waals surface area contributed by atoms with E-state index < -0.39 is 0 Å². The monoisotopic (exact) mass is 204 g/mol. The summed E-state index contributed by atoms with van der Waals surface area (Å²) in [7, 11) is 0. The Morgan fingerprint density at radius 3 is 2.27 bits per heavy atom. The van der Waals surface area contributed by atoms with Crippen molar-refractivity contribution in [2.24, 2.45) is 0 Å². The van der Waals surface area contributed by atoms with E-state index in [1.807, 2.05) is 42.0 Å². The molecule has 0 aliphatic rings. The van der Waals surface area contributed by atoms with Crippen molar-refractivity contribution in [1.82, 2.24) is 9.13 Å². The van der Waals surface area contributed by atoms with E-state index in [2.05, 4.69) is 6.07 Å². The molecule has 3 heteroatoms. The van der Waals surface area contributed by atoms with Crippen molar-refractivity contribution in [2.45, 2.75) is 33.9 Å². The van der Waals surface area contributed by atoms with Crippen LogP contribution in [0.25, 0.3) is 11.0 Å². The molecule has 0 atom stereocenters. The highest BCUT2D eigenvalue weighted by molar-refractivity contribution is 5.76. The molecule has 80 valence electrons. The van der Waals surface area contributed by atoms with Crippen molar-refractivity contribution in [1.29, 1.82) is 0 Å². The maximum absolute atomic E-state index is 12.0. The second kappa shape index (κ2) is 3.57. The van der Waals surface area contributed by atoms with Gasteiger partial charge in [0.1, 0.15) is 0 Å². The van der Waals surface area contributed by atoms with Gasteiger partial charge < -0.3 is 0 Å². The number of hydrogen-bond donors (Lipinski definition) is 0. The first-order valence-electron chi connectivity index (χ1n) is 5.38. The first-order valence-corrected chi connectivity index (χ1v) is 5.38. The van der Waals surface area contributed by atoms with Crippen LogP contribution in [0.3, 0.4) is 0 Å². The Kier molecular flexibility index (Phi) is 2.39. The van der Waals surface area contributed by atoms with Crippen molar-refractivity contribution >= 4 is 11.0 Å². The Balaban J connectivity index is 2.92. The Hall–Kier alpha value is -1.51. The van der Waals surface area contributed by atoms with Gasteiger partial charge in [0.05, 0.1) is 11.0 Å². The zero-order valence-corrected chi connectivity index (χ0v) is 9.45.